The van der Waals surface area contributed by atoms with Gasteiger partial charge in [-0.15, -0.1) is 0 Å². The van der Waals surface area contributed by atoms with Crippen molar-refractivity contribution in [2.24, 2.45) is 5.92 Å². The molecule has 1 saturated heterocycles. The second-order valence-corrected chi connectivity index (χ2v) is 7.88. The molecule has 1 aliphatic rings. The Morgan fingerprint density at radius 3 is 2.41 bits per heavy atom. The number of hydrogen-bond acceptors (Lipinski definition) is 5. The van der Waals surface area contributed by atoms with Crippen molar-refractivity contribution >= 4 is 9.84 Å². The van der Waals surface area contributed by atoms with E-state index in [0.29, 0.717) is 18.9 Å². The van der Waals surface area contributed by atoms with Crippen LogP contribution in [0.25, 0.3) is 0 Å². The highest BCUT2D eigenvalue weighted by Gasteiger charge is 2.37. The maximum atomic E-state index is 11.3. The Balaban J connectivity index is 2.46. The summed E-state index contributed by atoms with van der Waals surface area (Å²) in [6.45, 7) is 6.05. The van der Waals surface area contributed by atoms with E-state index in [9.17, 15) is 18.6 Å². The van der Waals surface area contributed by atoms with Crippen LogP contribution in [0, 0.1) is 5.92 Å². The minimum atomic E-state index is -3.13. The Bertz CT molecular complexity index is 350. The largest absolute Gasteiger partial charge is 0.390 e. The first-order valence-corrected chi connectivity index (χ1v) is 7.78. The first kappa shape index (κ1) is 14.9. The Labute approximate surface area is 103 Å². The molecule has 0 saturated carbocycles. The van der Waals surface area contributed by atoms with Crippen molar-refractivity contribution in [3.63, 3.8) is 0 Å². The van der Waals surface area contributed by atoms with Gasteiger partial charge in [-0.3, -0.25) is 0 Å². The quantitative estimate of drug-likeness (QED) is 0.626. The molecule has 0 bridgehead atoms. The summed E-state index contributed by atoms with van der Waals surface area (Å²) in [5.41, 5.74) is -0.875. The zero-order chi connectivity index (χ0) is 13.3. The fourth-order valence-electron chi connectivity index (χ4n) is 2.33. The fraction of sp³-hybridized carbons (Fsp3) is 1.00. The standard InChI is InChI=1S/C11H23NO4S/c1-8(2)4-11(3,14)7-12-9-5-17(15,16)6-10(9)13/h8-10,12-14H,4-7H2,1-3H3. The summed E-state index contributed by atoms with van der Waals surface area (Å²) in [6, 6.07) is -0.460. The fourth-order valence-corrected chi connectivity index (χ4v) is 4.10. The first-order valence-electron chi connectivity index (χ1n) is 5.95. The summed E-state index contributed by atoms with van der Waals surface area (Å²) in [6.07, 6.45) is -0.231. The highest BCUT2D eigenvalue weighted by atomic mass is 32.2. The average Bonchev–Trinajstić information content (AvgIpc) is 2.34. The monoisotopic (exact) mass is 265 g/mol. The highest BCUT2D eigenvalue weighted by Crippen LogP contribution is 2.17. The van der Waals surface area contributed by atoms with Crippen LogP contribution in [-0.2, 0) is 9.84 Å². The van der Waals surface area contributed by atoms with Gasteiger partial charge in [-0.05, 0) is 19.3 Å². The van der Waals surface area contributed by atoms with Gasteiger partial charge < -0.3 is 15.5 Å². The molecule has 1 heterocycles. The van der Waals surface area contributed by atoms with Crippen LogP contribution in [-0.4, -0.2) is 54.4 Å². The van der Waals surface area contributed by atoms with Crippen molar-refractivity contribution in [2.75, 3.05) is 18.1 Å². The molecule has 0 aromatic heterocycles. The van der Waals surface area contributed by atoms with E-state index in [0.717, 1.165) is 0 Å². The number of aliphatic hydroxyl groups excluding tert-OH is 1. The summed E-state index contributed by atoms with van der Waals surface area (Å²) >= 11 is 0. The molecule has 0 amide bonds. The van der Waals surface area contributed by atoms with E-state index in [1.54, 1.807) is 6.92 Å². The molecule has 102 valence electrons. The number of rotatable bonds is 5. The molecule has 0 radical (unpaired) electrons. The van der Waals surface area contributed by atoms with Crippen molar-refractivity contribution < 1.29 is 18.6 Å². The molecule has 0 aromatic carbocycles. The van der Waals surface area contributed by atoms with Gasteiger partial charge >= 0.3 is 0 Å². The van der Waals surface area contributed by atoms with Crippen molar-refractivity contribution in [2.45, 2.75) is 44.9 Å². The summed E-state index contributed by atoms with van der Waals surface area (Å²) in [7, 11) is -3.13. The molecule has 3 unspecified atom stereocenters. The highest BCUT2D eigenvalue weighted by molar-refractivity contribution is 7.91. The molecule has 6 heteroatoms. The van der Waals surface area contributed by atoms with Gasteiger partial charge in [0.25, 0.3) is 0 Å². The van der Waals surface area contributed by atoms with E-state index in [-0.39, 0.29) is 11.5 Å². The van der Waals surface area contributed by atoms with Gasteiger partial charge in [0.2, 0.25) is 0 Å². The number of sulfone groups is 1. The summed E-state index contributed by atoms with van der Waals surface area (Å²) in [5, 5.41) is 22.6. The maximum Gasteiger partial charge on any atom is 0.154 e. The molecular weight excluding hydrogens is 242 g/mol. The minimum absolute atomic E-state index is 0.0497. The van der Waals surface area contributed by atoms with Crippen LogP contribution >= 0.6 is 0 Å². The van der Waals surface area contributed by atoms with Crippen molar-refractivity contribution in [1.29, 1.82) is 0 Å². The number of nitrogens with one attached hydrogen (secondary N) is 1. The van der Waals surface area contributed by atoms with Gasteiger partial charge in [-0.1, -0.05) is 13.8 Å². The normalized spacial score (nSPS) is 31.6. The summed E-state index contributed by atoms with van der Waals surface area (Å²) in [4.78, 5) is 0. The lowest BCUT2D eigenvalue weighted by Gasteiger charge is -2.28. The van der Waals surface area contributed by atoms with Crippen molar-refractivity contribution in [3.8, 4) is 0 Å². The van der Waals surface area contributed by atoms with Crippen LogP contribution in [0.1, 0.15) is 27.2 Å². The van der Waals surface area contributed by atoms with Crippen LogP contribution < -0.4 is 5.32 Å². The molecule has 5 nitrogen and oxygen atoms in total. The molecular formula is C11H23NO4S. The Hall–Kier alpha value is -0.170. The zero-order valence-electron chi connectivity index (χ0n) is 10.7. The van der Waals surface area contributed by atoms with Crippen molar-refractivity contribution in [3.05, 3.63) is 0 Å². The molecule has 17 heavy (non-hydrogen) atoms. The van der Waals surface area contributed by atoms with Gasteiger partial charge in [0.05, 0.1) is 23.2 Å². The van der Waals surface area contributed by atoms with E-state index in [1.165, 1.54) is 0 Å². The predicted octanol–water partition coefficient (Wildman–Crippen LogP) is -0.469. The van der Waals surface area contributed by atoms with E-state index in [4.69, 9.17) is 0 Å². The lowest BCUT2D eigenvalue weighted by atomic mass is 9.94. The van der Waals surface area contributed by atoms with Gasteiger partial charge in [-0.2, -0.15) is 0 Å². The van der Waals surface area contributed by atoms with Crippen LogP contribution in [0.5, 0.6) is 0 Å². The van der Waals surface area contributed by atoms with Gasteiger partial charge in [0.15, 0.2) is 9.84 Å². The van der Waals surface area contributed by atoms with Crippen molar-refractivity contribution in [1.82, 2.24) is 5.32 Å². The van der Waals surface area contributed by atoms with E-state index in [1.807, 2.05) is 13.8 Å². The van der Waals surface area contributed by atoms with Crippen LogP contribution in [0.15, 0.2) is 0 Å². The number of hydrogen-bond donors (Lipinski definition) is 3. The Morgan fingerprint density at radius 2 is 2.00 bits per heavy atom. The topological polar surface area (TPSA) is 86.6 Å². The van der Waals surface area contributed by atoms with Crippen LogP contribution in [0.2, 0.25) is 0 Å². The van der Waals surface area contributed by atoms with Gasteiger partial charge in [0.1, 0.15) is 0 Å². The first-order chi connectivity index (χ1) is 7.61. The summed E-state index contributed by atoms with van der Waals surface area (Å²) < 4.78 is 22.6. The molecule has 1 fully saturated rings. The minimum Gasteiger partial charge on any atom is -0.390 e. The molecule has 0 spiro atoms. The summed E-state index contributed by atoms with van der Waals surface area (Å²) in [5.74, 6) is 0.132. The maximum absolute atomic E-state index is 11.3. The van der Waals surface area contributed by atoms with Crippen LogP contribution in [0.3, 0.4) is 0 Å². The average molecular weight is 265 g/mol. The van der Waals surface area contributed by atoms with Gasteiger partial charge in [0, 0.05) is 12.6 Å². The van der Waals surface area contributed by atoms with Gasteiger partial charge in [-0.25, -0.2) is 8.42 Å². The third kappa shape index (κ3) is 4.91. The smallest absolute Gasteiger partial charge is 0.154 e. The zero-order valence-corrected chi connectivity index (χ0v) is 11.5. The predicted molar refractivity (Wildman–Crippen MR) is 66.5 cm³/mol. The second-order valence-electron chi connectivity index (χ2n) is 5.73. The number of aliphatic hydroxyl groups is 2. The van der Waals surface area contributed by atoms with E-state index < -0.39 is 27.6 Å². The lowest BCUT2D eigenvalue weighted by molar-refractivity contribution is 0.0317. The molecule has 0 aromatic rings. The molecule has 0 aliphatic carbocycles. The second kappa shape index (κ2) is 5.22. The Morgan fingerprint density at radius 1 is 1.41 bits per heavy atom. The van der Waals surface area contributed by atoms with E-state index in [2.05, 4.69) is 5.32 Å². The Kier molecular flexibility index (Phi) is 4.57. The third-order valence-electron chi connectivity index (χ3n) is 2.92. The van der Waals surface area contributed by atoms with Crippen LogP contribution in [0.4, 0.5) is 0 Å². The third-order valence-corrected chi connectivity index (χ3v) is 4.63. The molecule has 1 aliphatic heterocycles. The SMILES string of the molecule is CC(C)CC(C)(O)CNC1CS(=O)(=O)CC1O. The molecule has 3 N–H and O–H groups in total. The molecule has 1 rings (SSSR count). The van der Waals surface area contributed by atoms with E-state index >= 15 is 0 Å². The lowest BCUT2D eigenvalue weighted by Crippen LogP contribution is -2.47. The molecule has 3 atom stereocenters.